The minimum atomic E-state index is -0.528. The second-order valence-corrected chi connectivity index (χ2v) is 8.75. The predicted molar refractivity (Wildman–Crippen MR) is 120 cm³/mol. The predicted octanol–water partition coefficient (Wildman–Crippen LogP) is 5.29. The molecule has 0 amide bonds. The van der Waals surface area contributed by atoms with E-state index in [0.29, 0.717) is 24.8 Å². The molecule has 0 saturated carbocycles. The highest BCUT2D eigenvalue weighted by atomic mass is 19.1. The van der Waals surface area contributed by atoms with Crippen molar-refractivity contribution in [3.63, 3.8) is 0 Å². The van der Waals surface area contributed by atoms with Gasteiger partial charge in [0, 0.05) is 12.6 Å². The average Bonchev–Trinajstić information content (AvgIpc) is 3.14. The van der Waals surface area contributed by atoms with Crippen LogP contribution in [0.4, 0.5) is 4.39 Å². The van der Waals surface area contributed by atoms with Gasteiger partial charge in [-0.1, -0.05) is 37.3 Å². The summed E-state index contributed by atoms with van der Waals surface area (Å²) < 4.78 is 20.0. The Hall–Kier alpha value is -1.75. The third-order valence-electron chi connectivity index (χ3n) is 6.51. The number of likely N-dealkylation sites (tertiary alicyclic amines) is 1. The van der Waals surface area contributed by atoms with E-state index in [1.54, 1.807) is 13.0 Å². The Morgan fingerprint density at radius 1 is 1.17 bits per heavy atom. The van der Waals surface area contributed by atoms with Gasteiger partial charge in [-0.3, -0.25) is 4.90 Å². The van der Waals surface area contributed by atoms with Gasteiger partial charge in [0.2, 0.25) is 0 Å². The molecule has 164 valence electrons. The Morgan fingerprint density at radius 2 is 1.97 bits per heavy atom. The molecule has 0 aromatic heterocycles. The smallest absolute Gasteiger partial charge is 0.126 e. The number of rotatable bonds is 9. The second kappa shape index (κ2) is 10.5. The maximum Gasteiger partial charge on any atom is 0.126 e. The van der Waals surface area contributed by atoms with Gasteiger partial charge in [-0.25, -0.2) is 4.39 Å². The SMILES string of the molecule is CC[C@@H](OC[C@H](O)CN1CCC[C@H]1Cc1ccc(C)c(F)c1)c1cccc(C)c1C. The van der Waals surface area contributed by atoms with Crippen molar-refractivity contribution >= 4 is 0 Å². The molecule has 2 aromatic rings. The molecule has 0 unspecified atom stereocenters. The molecule has 1 aliphatic heterocycles. The van der Waals surface area contributed by atoms with Gasteiger partial charge in [0.15, 0.2) is 0 Å². The summed E-state index contributed by atoms with van der Waals surface area (Å²) in [5.74, 6) is -0.137. The van der Waals surface area contributed by atoms with Crippen LogP contribution in [0.3, 0.4) is 0 Å². The molecule has 1 fully saturated rings. The van der Waals surface area contributed by atoms with E-state index in [1.165, 1.54) is 16.7 Å². The highest BCUT2D eigenvalue weighted by molar-refractivity contribution is 5.34. The molecule has 4 heteroatoms. The zero-order chi connectivity index (χ0) is 21.7. The minimum Gasteiger partial charge on any atom is -0.389 e. The van der Waals surface area contributed by atoms with Gasteiger partial charge in [0.05, 0.1) is 18.8 Å². The van der Waals surface area contributed by atoms with E-state index in [9.17, 15) is 9.50 Å². The molecule has 30 heavy (non-hydrogen) atoms. The van der Waals surface area contributed by atoms with Crippen molar-refractivity contribution in [2.45, 2.75) is 71.6 Å². The fourth-order valence-corrected chi connectivity index (χ4v) is 4.50. The molecule has 3 rings (SSSR count). The van der Waals surface area contributed by atoms with Gasteiger partial charge in [0.25, 0.3) is 0 Å². The van der Waals surface area contributed by atoms with Crippen LogP contribution in [0.25, 0.3) is 0 Å². The number of halogens is 1. The van der Waals surface area contributed by atoms with Crippen LogP contribution in [0.15, 0.2) is 36.4 Å². The summed E-state index contributed by atoms with van der Waals surface area (Å²) in [5, 5.41) is 10.7. The van der Waals surface area contributed by atoms with E-state index in [4.69, 9.17) is 4.74 Å². The third kappa shape index (κ3) is 5.69. The lowest BCUT2D eigenvalue weighted by Crippen LogP contribution is -2.39. The lowest BCUT2D eigenvalue weighted by molar-refractivity contribution is -0.0250. The molecular weight excluding hydrogens is 377 g/mol. The molecule has 0 radical (unpaired) electrons. The number of nitrogens with zero attached hydrogens (tertiary/aromatic N) is 1. The van der Waals surface area contributed by atoms with Crippen LogP contribution in [-0.4, -0.2) is 41.8 Å². The van der Waals surface area contributed by atoms with E-state index in [-0.39, 0.29) is 11.9 Å². The Bertz CT molecular complexity index is 838. The van der Waals surface area contributed by atoms with Crippen LogP contribution in [0, 0.1) is 26.6 Å². The molecule has 2 aromatic carbocycles. The van der Waals surface area contributed by atoms with Gasteiger partial charge in [-0.2, -0.15) is 0 Å². The number of β-amino-alcohol motifs (C(OH)–C–C–N with tert-alkyl or cyclic N) is 1. The van der Waals surface area contributed by atoms with Crippen LogP contribution < -0.4 is 0 Å². The first-order chi connectivity index (χ1) is 14.4. The summed E-state index contributed by atoms with van der Waals surface area (Å²) in [6, 6.07) is 12.2. The summed E-state index contributed by atoms with van der Waals surface area (Å²) in [5.41, 5.74) is 5.46. The number of ether oxygens (including phenoxy) is 1. The van der Waals surface area contributed by atoms with Crippen LogP contribution in [0.1, 0.15) is 60.1 Å². The normalized spacial score (nSPS) is 19.2. The highest BCUT2D eigenvalue weighted by Crippen LogP contribution is 2.27. The molecule has 0 bridgehead atoms. The van der Waals surface area contributed by atoms with Crippen molar-refractivity contribution in [1.82, 2.24) is 4.90 Å². The zero-order valence-electron chi connectivity index (χ0n) is 18.8. The standard InChI is InChI=1S/C26H36FNO2/c1-5-26(24-10-6-8-18(2)20(24)4)30-17-23(29)16-28-13-7-9-22(28)14-21-12-11-19(3)25(27)15-21/h6,8,10-12,15,22-23,26,29H,5,7,9,13-14,16-17H2,1-4H3/t22-,23+,26+/m0/s1. The summed E-state index contributed by atoms with van der Waals surface area (Å²) in [6.45, 7) is 10.1. The first-order valence-electron chi connectivity index (χ1n) is 11.2. The van der Waals surface area contributed by atoms with E-state index >= 15 is 0 Å². The van der Waals surface area contributed by atoms with Gasteiger partial charge in [0.1, 0.15) is 5.82 Å². The first kappa shape index (κ1) is 22.9. The number of benzene rings is 2. The zero-order valence-corrected chi connectivity index (χ0v) is 18.8. The number of aliphatic hydroxyl groups is 1. The highest BCUT2D eigenvalue weighted by Gasteiger charge is 2.27. The quantitative estimate of drug-likeness (QED) is 0.607. The topological polar surface area (TPSA) is 32.7 Å². The summed E-state index contributed by atoms with van der Waals surface area (Å²) in [4.78, 5) is 2.34. The van der Waals surface area contributed by atoms with Crippen LogP contribution in [0.2, 0.25) is 0 Å². The van der Waals surface area contributed by atoms with Crippen molar-refractivity contribution in [1.29, 1.82) is 0 Å². The Balaban J connectivity index is 1.54. The largest absolute Gasteiger partial charge is 0.389 e. The first-order valence-corrected chi connectivity index (χ1v) is 11.2. The molecule has 1 aliphatic rings. The molecule has 3 atom stereocenters. The summed E-state index contributed by atoms with van der Waals surface area (Å²) >= 11 is 0. The lowest BCUT2D eigenvalue weighted by atomic mass is 9.98. The molecule has 1 N–H and O–H groups in total. The van der Waals surface area contributed by atoms with Gasteiger partial charge in [-0.05, 0) is 86.9 Å². The maximum atomic E-state index is 13.9. The van der Waals surface area contributed by atoms with E-state index < -0.39 is 6.10 Å². The monoisotopic (exact) mass is 413 g/mol. The molecular formula is C26H36FNO2. The second-order valence-electron chi connectivity index (χ2n) is 8.75. The maximum absolute atomic E-state index is 13.9. The molecule has 0 aliphatic carbocycles. The summed E-state index contributed by atoms with van der Waals surface area (Å²) in [6.07, 6.45) is 3.38. The van der Waals surface area contributed by atoms with Gasteiger partial charge < -0.3 is 9.84 Å². The average molecular weight is 414 g/mol. The van der Waals surface area contributed by atoms with Crippen molar-refractivity contribution in [2.75, 3.05) is 19.7 Å². The summed E-state index contributed by atoms with van der Waals surface area (Å²) in [7, 11) is 0. The van der Waals surface area contributed by atoms with E-state index in [2.05, 4.69) is 43.9 Å². The minimum absolute atomic E-state index is 0.00413. The number of aryl methyl sites for hydroxylation is 2. The number of hydrogen-bond donors (Lipinski definition) is 1. The fourth-order valence-electron chi connectivity index (χ4n) is 4.50. The van der Waals surface area contributed by atoms with E-state index in [1.807, 2.05) is 12.1 Å². The van der Waals surface area contributed by atoms with Crippen molar-refractivity contribution < 1.29 is 14.2 Å². The van der Waals surface area contributed by atoms with Crippen molar-refractivity contribution in [3.8, 4) is 0 Å². The Labute approximate surface area is 180 Å². The Morgan fingerprint density at radius 3 is 2.70 bits per heavy atom. The third-order valence-corrected chi connectivity index (χ3v) is 6.51. The van der Waals surface area contributed by atoms with Crippen molar-refractivity contribution in [3.05, 3.63) is 70.0 Å². The van der Waals surface area contributed by atoms with Crippen LogP contribution >= 0.6 is 0 Å². The molecule has 3 nitrogen and oxygen atoms in total. The fraction of sp³-hybridized carbons (Fsp3) is 0.538. The van der Waals surface area contributed by atoms with Crippen LogP contribution in [0.5, 0.6) is 0 Å². The number of hydrogen-bond acceptors (Lipinski definition) is 3. The van der Waals surface area contributed by atoms with E-state index in [0.717, 1.165) is 37.8 Å². The molecule has 0 spiro atoms. The number of aliphatic hydroxyl groups excluding tert-OH is 1. The Kier molecular flexibility index (Phi) is 8.04. The van der Waals surface area contributed by atoms with Crippen LogP contribution in [-0.2, 0) is 11.2 Å². The molecule has 1 heterocycles. The van der Waals surface area contributed by atoms with Gasteiger partial charge >= 0.3 is 0 Å². The lowest BCUT2D eigenvalue weighted by Gasteiger charge is -2.28. The van der Waals surface area contributed by atoms with Crippen molar-refractivity contribution in [2.24, 2.45) is 0 Å². The van der Waals surface area contributed by atoms with Gasteiger partial charge in [-0.15, -0.1) is 0 Å². The molecule has 1 saturated heterocycles.